The average molecular weight is 254 g/mol. The van der Waals surface area contributed by atoms with E-state index in [0.717, 1.165) is 11.3 Å². The second-order valence-electron chi connectivity index (χ2n) is 4.63. The number of nitrogens with one attached hydrogen (secondary N) is 1. The Bertz CT molecular complexity index is 497. The molecule has 0 unspecified atom stereocenters. The van der Waals surface area contributed by atoms with Crippen LogP contribution in [0.2, 0.25) is 0 Å². The van der Waals surface area contributed by atoms with Crippen molar-refractivity contribution in [1.82, 2.24) is 0 Å². The highest BCUT2D eigenvalue weighted by molar-refractivity contribution is 6.08. The maximum absolute atomic E-state index is 12.0. The molecular weight excluding hydrogens is 238 g/mol. The molecule has 4 nitrogen and oxygen atoms in total. The molecule has 1 aromatic carbocycles. The summed E-state index contributed by atoms with van der Waals surface area (Å²) in [6.45, 7) is 3.82. The molecule has 1 heterocycles. The van der Waals surface area contributed by atoms with Gasteiger partial charge in [-0.1, -0.05) is 12.1 Å². The molecule has 1 aliphatic rings. The quantitative estimate of drug-likeness (QED) is 0.590. The summed E-state index contributed by atoms with van der Waals surface area (Å²) in [5, 5.41) is 7.39. The summed E-state index contributed by atoms with van der Waals surface area (Å²) in [6.07, 6.45) is 0. The smallest absolute Gasteiger partial charge is 0.236 e. The molecule has 0 spiro atoms. The first kappa shape index (κ1) is 13.5. The van der Waals surface area contributed by atoms with Gasteiger partial charge in [-0.15, -0.1) is 12.4 Å². The maximum atomic E-state index is 12.0. The molecule has 0 bridgehead atoms. The van der Waals surface area contributed by atoms with E-state index in [-0.39, 0.29) is 24.1 Å². The van der Waals surface area contributed by atoms with Crippen molar-refractivity contribution in [3.05, 3.63) is 29.3 Å². The first-order valence-corrected chi connectivity index (χ1v) is 5.13. The van der Waals surface area contributed by atoms with Crippen molar-refractivity contribution in [3.63, 3.8) is 0 Å². The van der Waals surface area contributed by atoms with Gasteiger partial charge >= 0.3 is 0 Å². The number of nitrogen functional groups attached to an aromatic ring is 1. The molecule has 0 aromatic heterocycles. The molecule has 0 saturated carbocycles. The zero-order valence-corrected chi connectivity index (χ0v) is 10.9. The summed E-state index contributed by atoms with van der Waals surface area (Å²) in [7, 11) is 1.75. The van der Waals surface area contributed by atoms with Gasteiger partial charge in [0, 0.05) is 18.3 Å². The van der Waals surface area contributed by atoms with Crippen LogP contribution in [0.3, 0.4) is 0 Å². The molecule has 2 rings (SSSR count). The van der Waals surface area contributed by atoms with Crippen LogP contribution < -0.4 is 10.6 Å². The number of anilines is 1. The molecule has 5 heteroatoms. The minimum atomic E-state index is -0.487. The Morgan fingerprint density at radius 2 is 2.00 bits per heavy atom. The Labute approximate surface area is 107 Å². The lowest BCUT2D eigenvalue weighted by molar-refractivity contribution is -0.121. The van der Waals surface area contributed by atoms with Gasteiger partial charge < -0.3 is 10.6 Å². The molecule has 17 heavy (non-hydrogen) atoms. The van der Waals surface area contributed by atoms with Crippen LogP contribution in [-0.2, 0) is 10.2 Å². The van der Waals surface area contributed by atoms with Gasteiger partial charge in [-0.3, -0.25) is 10.2 Å². The lowest BCUT2D eigenvalue weighted by Crippen LogP contribution is -2.33. The van der Waals surface area contributed by atoms with Crippen molar-refractivity contribution in [2.24, 2.45) is 5.73 Å². The van der Waals surface area contributed by atoms with E-state index in [1.165, 1.54) is 0 Å². The topological polar surface area (TPSA) is 70.2 Å². The number of nitrogens with zero attached hydrogens (tertiary/aromatic N) is 1. The summed E-state index contributed by atoms with van der Waals surface area (Å²) in [5.74, 6) is 0.0940. The van der Waals surface area contributed by atoms with E-state index in [9.17, 15) is 4.79 Å². The number of likely N-dealkylation sites (N-methyl/N-ethyl adjacent to an activating group) is 1. The fraction of sp³-hybridized carbons (Fsp3) is 0.333. The Morgan fingerprint density at radius 3 is 2.53 bits per heavy atom. The summed E-state index contributed by atoms with van der Waals surface area (Å²) in [4.78, 5) is 13.6. The van der Waals surface area contributed by atoms with Crippen LogP contribution in [0.25, 0.3) is 0 Å². The minimum Gasteiger partial charge on any atom is -0.384 e. The zero-order valence-electron chi connectivity index (χ0n) is 10.1. The number of carbonyl (C=O) groups excluding carboxylic acids is 1. The Kier molecular flexibility index (Phi) is 3.21. The number of amides is 1. The van der Waals surface area contributed by atoms with Gasteiger partial charge in [0.15, 0.2) is 0 Å². The van der Waals surface area contributed by atoms with Gasteiger partial charge in [-0.25, -0.2) is 0 Å². The first-order chi connectivity index (χ1) is 7.35. The van der Waals surface area contributed by atoms with E-state index < -0.39 is 5.41 Å². The van der Waals surface area contributed by atoms with Gasteiger partial charge in [-0.2, -0.15) is 0 Å². The summed E-state index contributed by atoms with van der Waals surface area (Å²) in [5.41, 5.74) is 7.44. The highest BCUT2D eigenvalue weighted by Gasteiger charge is 2.42. The van der Waals surface area contributed by atoms with Crippen LogP contribution >= 0.6 is 12.4 Å². The predicted molar refractivity (Wildman–Crippen MR) is 71.1 cm³/mol. The van der Waals surface area contributed by atoms with Crippen molar-refractivity contribution in [1.29, 1.82) is 5.41 Å². The van der Waals surface area contributed by atoms with Crippen LogP contribution in [0.5, 0.6) is 0 Å². The fourth-order valence-electron chi connectivity index (χ4n) is 2.15. The molecular formula is C12H16ClN3O. The van der Waals surface area contributed by atoms with Crippen LogP contribution in [0.1, 0.15) is 25.0 Å². The van der Waals surface area contributed by atoms with Crippen molar-refractivity contribution < 1.29 is 4.79 Å². The predicted octanol–water partition coefficient (Wildman–Crippen LogP) is 1.65. The molecule has 0 fully saturated rings. The zero-order chi connectivity index (χ0) is 12.1. The Morgan fingerprint density at radius 1 is 1.41 bits per heavy atom. The van der Waals surface area contributed by atoms with E-state index in [1.807, 2.05) is 19.9 Å². The number of hydrogen-bond donors (Lipinski definition) is 2. The molecule has 0 saturated heterocycles. The van der Waals surface area contributed by atoms with Crippen molar-refractivity contribution in [2.45, 2.75) is 19.3 Å². The highest BCUT2D eigenvalue weighted by atomic mass is 35.5. The second-order valence-corrected chi connectivity index (χ2v) is 4.63. The fourth-order valence-corrected chi connectivity index (χ4v) is 2.15. The summed E-state index contributed by atoms with van der Waals surface area (Å²) in [6, 6.07) is 5.47. The monoisotopic (exact) mass is 253 g/mol. The number of amidine groups is 1. The molecule has 92 valence electrons. The van der Waals surface area contributed by atoms with Gasteiger partial charge in [0.2, 0.25) is 5.91 Å². The minimum absolute atomic E-state index is 0. The average Bonchev–Trinajstić information content (AvgIpc) is 2.40. The van der Waals surface area contributed by atoms with E-state index >= 15 is 0 Å². The largest absolute Gasteiger partial charge is 0.384 e. The molecule has 0 radical (unpaired) electrons. The van der Waals surface area contributed by atoms with Crippen LogP contribution in [0, 0.1) is 5.41 Å². The number of halogens is 1. The number of rotatable bonds is 1. The lowest BCUT2D eigenvalue weighted by Gasteiger charge is -2.16. The number of carbonyl (C=O) groups is 1. The van der Waals surface area contributed by atoms with Crippen LogP contribution in [-0.4, -0.2) is 18.8 Å². The molecule has 1 aromatic rings. The van der Waals surface area contributed by atoms with Gasteiger partial charge in [0.25, 0.3) is 0 Å². The molecule has 1 aliphatic heterocycles. The number of hydrogen-bond acceptors (Lipinski definition) is 2. The second kappa shape index (κ2) is 4.04. The van der Waals surface area contributed by atoms with Gasteiger partial charge in [-0.05, 0) is 25.5 Å². The standard InChI is InChI=1S/C12H15N3O.ClH/c1-12(2)8-5-4-7(10(13)14)6-9(8)15(3)11(12)16;/h4-6H,1-3H3,(H3,13,14);1H. The van der Waals surface area contributed by atoms with Crippen molar-refractivity contribution in [3.8, 4) is 0 Å². The Balaban J connectivity index is 0.00000144. The number of fused-ring (bicyclic) bond motifs is 1. The SMILES string of the molecule is CN1C(=O)C(C)(C)c2ccc(C(=N)N)cc21.Cl. The normalized spacial score (nSPS) is 16.4. The highest BCUT2D eigenvalue weighted by Crippen LogP contribution is 2.40. The summed E-state index contributed by atoms with van der Waals surface area (Å²) >= 11 is 0. The molecule has 1 amide bonds. The molecule has 0 atom stereocenters. The third-order valence-electron chi connectivity index (χ3n) is 3.18. The van der Waals surface area contributed by atoms with Crippen LogP contribution in [0.4, 0.5) is 5.69 Å². The first-order valence-electron chi connectivity index (χ1n) is 5.13. The third kappa shape index (κ3) is 1.78. The maximum Gasteiger partial charge on any atom is 0.236 e. The summed E-state index contributed by atoms with van der Waals surface area (Å²) < 4.78 is 0. The van der Waals surface area contributed by atoms with E-state index in [0.29, 0.717) is 5.56 Å². The number of nitrogens with two attached hydrogens (primary N) is 1. The number of benzene rings is 1. The van der Waals surface area contributed by atoms with Gasteiger partial charge in [0.05, 0.1) is 5.41 Å². The van der Waals surface area contributed by atoms with E-state index in [2.05, 4.69) is 0 Å². The van der Waals surface area contributed by atoms with Crippen molar-refractivity contribution in [2.75, 3.05) is 11.9 Å². The lowest BCUT2D eigenvalue weighted by atomic mass is 9.86. The Hall–Kier alpha value is -1.55. The van der Waals surface area contributed by atoms with Crippen LogP contribution in [0.15, 0.2) is 18.2 Å². The van der Waals surface area contributed by atoms with E-state index in [1.54, 1.807) is 24.1 Å². The van der Waals surface area contributed by atoms with Crippen molar-refractivity contribution >= 4 is 29.8 Å². The molecule has 0 aliphatic carbocycles. The van der Waals surface area contributed by atoms with E-state index in [4.69, 9.17) is 11.1 Å². The van der Waals surface area contributed by atoms with Gasteiger partial charge in [0.1, 0.15) is 5.84 Å². The third-order valence-corrected chi connectivity index (χ3v) is 3.18. The molecule has 3 N–H and O–H groups in total.